The number of halogens is 1. The van der Waals surface area contributed by atoms with E-state index in [2.05, 4.69) is 5.32 Å². The molecule has 3 aromatic carbocycles. The third kappa shape index (κ3) is 9.14. The summed E-state index contributed by atoms with van der Waals surface area (Å²) in [6.45, 7) is 7.54. The van der Waals surface area contributed by atoms with E-state index in [1.54, 1.807) is 24.3 Å². The second kappa shape index (κ2) is 14.3. The Bertz CT molecular complexity index is 1440. The molecule has 0 aliphatic rings. The van der Waals surface area contributed by atoms with Gasteiger partial charge in [-0.2, -0.15) is 0 Å². The minimum atomic E-state index is -3.61. The average molecular weight is 582 g/mol. The largest absolute Gasteiger partial charge is 0.352 e. The molecule has 0 spiro atoms. The highest BCUT2D eigenvalue weighted by Crippen LogP contribution is 2.23. The Balaban J connectivity index is 1.89. The van der Waals surface area contributed by atoms with Crippen LogP contribution in [0.1, 0.15) is 48.9 Å². The summed E-state index contributed by atoms with van der Waals surface area (Å²) in [4.78, 5) is 28.7. The molecule has 2 amide bonds. The molecule has 3 aromatic rings. The van der Waals surface area contributed by atoms with Crippen LogP contribution in [0.2, 0.25) is 0 Å². The fourth-order valence-corrected chi connectivity index (χ4v) is 5.59. The van der Waals surface area contributed by atoms with E-state index in [-0.39, 0.29) is 50.2 Å². The van der Waals surface area contributed by atoms with Gasteiger partial charge in [-0.05, 0) is 69.0 Å². The van der Waals surface area contributed by atoms with Gasteiger partial charge in [0, 0.05) is 37.5 Å². The molecule has 1 N–H and O–H groups in total. The van der Waals surface area contributed by atoms with Crippen molar-refractivity contribution < 1.29 is 22.4 Å². The maximum absolute atomic E-state index is 14.7. The molecule has 0 bridgehead atoms. The predicted octanol–water partition coefficient (Wildman–Crippen LogP) is 5.15. The first-order chi connectivity index (χ1) is 19.4. The number of nitrogens with one attached hydrogen (secondary N) is 1. The molecule has 0 saturated heterocycles. The van der Waals surface area contributed by atoms with Crippen molar-refractivity contribution in [3.63, 3.8) is 0 Å². The number of aryl methyl sites for hydroxylation is 2. The molecule has 1 unspecified atom stereocenters. The number of hydrogen-bond acceptors (Lipinski definition) is 4. The Hall–Kier alpha value is -3.72. The zero-order chi connectivity index (χ0) is 30.2. The number of hydrogen-bond donors (Lipinski definition) is 1. The van der Waals surface area contributed by atoms with E-state index in [0.717, 1.165) is 22.9 Å². The van der Waals surface area contributed by atoms with Crippen LogP contribution in [0, 0.1) is 19.7 Å². The molecule has 0 saturated carbocycles. The van der Waals surface area contributed by atoms with Gasteiger partial charge in [0.05, 0.1) is 11.9 Å². The fraction of sp³-hybridized carbons (Fsp3) is 0.375. The zero-order valence-corrected chi connectivity index (χ0v) is 25.2. The minimum absolute atomic E-state index is 0.0223. The summed E-state index contributed by atoms with van der Waals surface area (Å²) >= 11 is 0. The quantitative estimate of drug-likeness (QED) is 0.302. The molecule has 0 radical (unpaired) electrons. The Morgan fingerprint density at radius 1 is 0.927 bits per heavy atom. The standard InChI is InChI=1S/C32H40FN3O4S/c1-23(2)34-32(38)30(21-26-12-7-6-8-13-26)35(22-27-14-9-10-15-29(27)33)31(37)16-11-19-36(41(5,39)40)28-18-17-24(3)25(4)20-28/h6-10,12-15,17-18,20,23,30H,11,16,19,21-22H2,1-5H3,(H,34,38). The molecule has 0 aromatic heterocycles. The fourth-order valence-electron chi connectivity index (χ4n) is 4.63. The summed E-state index contributed by atoms with van der Waals surface area (Å²) in [6.07, 6.45) is 1.58. The van der Waals surface area contributed by atoms with Gasteiger partial charge in [-0.25, -0.2) is 12.8 Å². The van der Waals surface area contributed by atoms with Crippen molar-refractivity contribution >= 4 is 27.5 Å². The number of anilines is 1. The summed E-state index contributed by atoms with van der Waals surface area (Å²) < 4.78 is 41.3. The van der Waals surface area contributed by atoms with Gasteiger partial charge in [0.2, 0.25) is 21.8 Å². The van der Waals surface area contributed by atoms with Crippen molar-refractivity contribution in [3.8, 4) is 0 Å². The highest BCUT2D eigenvalue weighted by atomic mass is 32.2. The number of rotatable bonds is 13. The molecule has 0 aliphatic carbocycles. The minimum Gasteiger partial charge on any atom is -0.352 e. The first-order valence-electron chi connectivity index (χ1n) is 13.8. The highest BCUT2D eigenvalue weighted by molar-refractivity contribution is 7.92. The molecule has 1 atom stereocenters. The maximum Gasteiger partial charge on any atom is 0.243 e. The average Bonchev–Trinajstić information content (AvgIpc) is 2.90. The predicted molar refractivity (Wildman–Crippen MR) is 162 cm³/mol. The SMILES string of the molecule is Cc1ccc(N(CCCC(=O)N(Cc2ccccc2F)C(Cc2ccccc2)C(=O)NC(C)C)S(C)(=O)=O)cc1C. The van der Waals surface area contributed by atoms with Crippen molar-refractivity contribution in [1.82, 2.24) is 10.2 Å². The molecule has 0 fully saturated rings. The number of carbonyl (C=O) groups is 2. The van der Waals surface area contributed by atoms with E-state index in [9.17, 15) is 22.4 Å². The lowest BCUT2D eigenvalue weighted by molar-refractivity contribution is -0.141. The molecule has 0 aliphatic heterocycles. The van der Waals surface area contributed by atoms with Crippen molar-refractivity contribution in [2.45, 2.75) is 65.6 Å². The van der Waals surface area contributed by atoms with E-state index in [0.29, 0.717) is 11.3 Å². The van der Waals surface area contributed by atoms with Crippen LogP contribution in [0.5, 0.6) is 0 Å². The van der Waals surface area contributed by atoms with Gasteiger partial charge in [-0.3, -0.25) is 13.9 Å². The molecule has 3 rings (SSSR count). The lowest BCUT2D eigenvalue weighted by Crippen LogP contribution is -2.52. The molecular weight excluding hydrogens is 541 g/mol. The van der Waals surface area contributed by atoms with Gasteiger partial charge in [0.15, 0.2) is 0 Å². The van der Waals surface area contributed by atoms with Gasteiger partial charge in [-0.1, -0.05) is 54.6 Å². The van der Waals surface area contributed by atoms with Crippen LogP contribution < -0.4 is 9.62 Å². The van der Waals surface area contributed by atoms with E-state index in [1.807, 2.05) is 70.2 Å². The van der Waals surface area contributed by atoms with Crippen LogP contribution >= 0.6 is 0 Å². The van der Waals surface area contributed by atoms with E-state index in [4.69, 9.17) is 0 Å². The monoisotopic (exact) mass is 581 g/mol. The van der Waals surface area contributed by atoms with Crippen molar-refractivity contribution in [3.05, 3.63) is 101 Å². The van der Waals surface area contributed by atoms with Gasteiger partial charge < -0.3 is 10.2 Å². The molecule has 220 valence electrons. The van der Waals surface area contributed by atoms with E-state index < -0.39 is 21.9 Å². The first kappa shape index (κ1) is 31.8. The van der Waals surface area contributed by atoms with Crippen molar-refractivity contribution in [2.75, 3.05) is 17.1 Å². The van der Waals surface area contributed by atoms with Crippen LogP contribution in [0.25, 0.3) is 0 Å². The smallest absolute Gasteiger partial charge is 0.243 e. The molecular formula is C32H40FN3O4S. The molecule has 0 heterocycles. The summed E-state index contributed by atoms with van der Waals surface area (Å²) in [5, 5.41) is 2.91. The third-order valence-electron chi connectivity index (χ3n) is 6.93. The van der Waals surface area contributed by atoms with Crippen LogP contribution in [0.4, 0.5) is 10.1 Å². The zero-order valence-electron chi connectivity index (χ0n) is 24.4. The summed E-state index contributed by atoms with van der Waals surface area (Å²) in [5.41, 5.74) is 3.70. The second-order valence-corrected chi connectivity index (χ2v) is 12.6. The van der Waals surface area contributed by atoms with Crippen LogP contribution in [0.15, 0.2) is 72.8 Å². The molecule has 41 heavy (non-hydrogen) atoms. The van der Waals surface area contributed by atoms with Crippen molar-refractivity contribution in [2.24, 2.45) is 0 Å². The van der Waals surface area contributed by atoms with Gasteiger partial charge in [0.1, 0.15) is 11.9 Å². The number of amides is 2. The number of benzene rings is 3. The van der Waals surface area contributed by atoms with Crippen LogP contribution in [-0.4, -0.2) is 50.0 Å². The Morgan fingerprint density at radius 2 is 1.59 bits per heavy atom. The topological polar surface area (TPSA) is 86.8 Å². The lowest BCUT2D eigenvalue weighted by atomic mass is 10.0. The second-order valence-electron chi connectivity index (χ2n) is 10.7. The number of sulfonamides is 1. The van der Waals surface area contributed by atoms with Crippen molar-refractivity contribution in [1.29, 1.82) is 0 Å². The van der Waals surface area contributed by atoms with E-state index in [1.165, 1.54) is 15.3 Å². The first-order valence-corrected chi connectivity index (χ1v) is 15.6. The normalized spacial score (nSPS) is 12.2. The Morgan fingerprint density at radius 3 is 2.20 bits per heavy atom. The Kier molecular flexibility index (Phi) is 11.1. The summed E-state index contributed by atoms with van der Waals surface area (Å²) in [6, 6.07) is 19.9. The lowest BCUT2D eigenvalue weighted by Gasteiger charge is -2.32. The highest BCUT2D eigenvalue weighted by Gasteiger charge is 2.31. The Labute approximate surface area is 243 Å². The van der Waals surface area contributed by atoms with Gasteiger partial charge >= 0.3 is 0 Å². The number of carbonyl (C=O) groups excluding carboxylic acids is 2. The van der Waals surface area contributed by atoms with Crippen LogP contribution in [0.3, 0.4) is 0 Å². The van der Waals surface area contributed by atoms with E-state index >= 15 is 0 Å². The molecule has 9 heteroatoms. The number of nitrogens with zero attached hydrogens (tertiary/aromatic N) is 2. The maximum atomic E-state index is 14.7. The summed E-state index contributed by atoms with van der Waals surface area (Å²) in [5.74, 6) is -1.16. The molecule has 7 nitrogen and oxygen atoms in total. The van der Waals surface area contributed by atoms with Crippen LogP contribution in [-0.2, 0) is 32.6 Å². The van der Waals surface area contributed by atoms with Gasteiger partial charge in [0.25, 0.3) is 0 Å². The third-order valence-corrected chi connectivity index (χ3v) is 8.13. The summed E-state index contributed by atoms with van der Waals surface area (Å²) in [7, 11) is -3.61. The van der Waals surface area contributed by atoms with Gasteiger partial charge in [-0.15, -0.1) is 0 Å².